The van der Waals surface area contributed by atoms with Gasteiger partial charge in [0.05, 0.1) is 0 Å². The first-order valence-electron chi connectivity index (χ1n) is 8.48. The minimum absolute atomic E-state index is 0.0985. The average Bonchev–Trinajstić information content (AvgIpc) is 2.63. The molecular weight excluding hydrogens is 373 g/mol. The fourth-order valence-corrected chi connectivity index (χ4v) is 3.19. The number of amides is 1. The Morgan fingerprint density at radius 3 is 2.46 bits per heavy atom. The van der Waals surface area contributed by atoms with Gasteiger partial charge in [0.25, 0.3) is 5.91 Å². The standard InChI is InChI=1S/C20H23Cl2NO3/c1-4-12(2)15-7-13(5-6-19(15)24)8-16-17(21)9-14(10-18(16)22)26-11-20(25)23-3/h5-7,9-10,12,24H,4,8,11H2,1-3H3,(H,23,25). The molecule has 0 radical (unpaired) electrons. The number of carbonyl (C=O) groups excluding carboxylic acids is 1. The molecule has 0 aliphatic heterocycles. The molecule has 2 rings (SSSR count). The van der Waals surface area contributed by atoms with Gasteiger partial charge in [0.2, 0.25) is 0 Å². The van der Waals surface area contributed by atoms with Crippen LogP contribution in [0.25, 0.3) is 0 Å². The highest BCUT2D eigenvalue weighted by atomic mass is 35.5. The Hall–Kier alpha value is -1.91. The van der Waals surface area contributed by atoms with Crippen molar-refractivity contribution in [3.63, 3.8) is 0 Å². The number of aromatic hydroxyl groups is 1. The Balaban J connectivity index is 2.23. The van der Waals surface area contributed by atoms with E-state index in [4.69, 9.17) is 27.9 Å². The summed E-state index contributed by atoms with van der Waals surface area (Å²) < 4.78 is 5.39. The zero-order valence-corrected chi connectivity index (χ0v) is 16.6. The minimum Gasteiger partial charge on any atom is -0.508 e. The number of carbonyl (C=O) groups is 1. The maximum atomic E-state index is 11.3. The summed E-state index contributed by atoms with van der Waals surface area (Å²) >= 11 is 12.8. The van der Waals surface area contributed by atoms with Gasteiger partial charge >= 0.3 is 0 Å². The molecule has 0 fully saturated rings. The van der Waals surface area contributed by atoms with Crippen molar-refractivity contribution in [2.24, 2.45) is 0 Å². The second-order valence-electron chi connectivity index (χ2n) is 6.21. The Morgan fingerprint density at radius 2 is 1.88 bits per heavy atom. The van der Waals surface area contributed by atoms with Gasteiger partial charge in [-0.2, -0.15) is 0 Å². The molecule has 2 aromatic rings. The highest BCUT2D eigenvalue weighted by Gasteiger charge is 2.14. The molecule has 0 saturated heterocycles. The van der Waals surface area contributed by atoms with E-state index in [9.17, 15) is 9.90 Å². The molecule has 0 saturated carbocycles. The fraction of sp³-hybridized carbons (Fsp3) is 0.350. The molecule has 0 bridgehead atoms. The number of hydrogen-bond donors (Lipinski definition) is 2. The highest BCUT2D eigenvalue weighted by molar-refractivity contribution is 6.36. The largest absolute Gasteiger partial charge is 0.508 e. The first kappa shape index (κ1) is 20.4. The van der Waals surface area contributed by atoms with Crippen molar-refractivity contribution in [1.82, 2.24) is 5.32 Å². The molecule has 0 aliphatic rings. The van der Waals surface area contributed by atoms with Crippen LogP contribution in [0, 0.1) is 0 Å². The molecular formula is C20H23Cl2NO3. The maximum absolute atomic E-state index is 11.3. The maximum Gasteiger partial charge on any atom is 0.257 e. The SMILES string of the molecule is CCC(C)c1cc(Cc2c(Cl)cc(OCC(=O)NC)cc2Cl)ccc1O. The number of likely N-dealkylation sites (N-methyl/N-ethyl adjacent to an activating group) is 1. The minimum atomic E-state index is -0.233. The molecule has 140 valence electrons. The van der Waals surface area contributed by atoms with Crippen molar-refractivity contribution in [3.05, 3.63) is 57.1 Å². The average molecular weight is 396 g/mol. The quantitative estimate of drug-likeness (QED) is 0.698. The summed E-state index contributed by atoms with van der Waals surface area (Å²) in [5.74, 6) is 0.779. The van der Waals surface area contributed by atoms with Crippen molar-refractivity contribution >= 4 is 29.1 Å². The molecule has 2 N–H and O–H groups in total. The van der Waals surface area contributed by atoms with Gasteiger partial charge in [-0.05, 0) is 47.2 Å². The van der Waals surface area contributed by atoms with Crippen LogP contribution in [-0.2, 0) is 11.2 Å². The van der Waals surface area contributed by atoms with Crippen LogP contribution in [0.15, 0.2) is 30.3 Å². The van der Waals surface area contributed by atoms with E-state index in [-0.39, 0.29) is 18.4 Å². The van der Waals surface area contributed by atoms with E-state index >= 15 is 0 Å². The number of benzene rings is 2. The number of nitrogens with one attached hydrogen (secondary N) is 1. The lowest BCUT2D eigenvalue weighted by Crippen LogP contribution is -2.24. The van der Waals surface area contributed by atoms with Crippen LogP contribution >= 0.6 is 23.2 Å². The van der Waals surface area contributed by atoms with Crippen LogP contribution in [0.3, 0.4) is 0 Å². The number of halogens is 2. The van der Waals surface area contributed by atoms with Crippen molar-refractivity contribution in [1.29, 1.82) is 0 Å². The van der Waals surface area contributed by atoms with Crippen LogP contribution in [0.1, 0.15) is 42.9 Å². The van der Waals surface area contributed by atoms with Gasteiger partial charge in [0.1, 0.15) is 11.5 Å². The first-order chi connectivity index (χ1) is 12.3. The molecule has 0 spiro atoms. The van der Waals surface area contributed by atoms with Crippen LogP contribution in [0.5, 0.6) is 11.5 Å². The summed E-state index contributed by atoms with van der Waals surface area (Å²) in [6.45, 7) is 4.07. The van der Waals surface area contributed by atoms with E-state index in [0.29, 0.717) is 28.0 Å². The molecule has 0 aliphatic carbocycles. The second-order valence-corrected chi connectivity index (χ2v) is 7.02. The smallest absolute Gasteiger partial charge is 0.257 e. The van der Waals surface area contributed by atoms with Gasteiger partial charge in [0, 0.05) is 23.5 Å². The molecule has 2 aromatic carbocycles. The summed E-state index contributed by atoms with van der Waals surface area (Å²) in [4.78, 5) is 11.3. The van der Waals surface area contributed by atoms with Crippen molar-refractivity contribution in [3.8, 4) is 11.5 Å². The van der Waals surface area contributed by atoms with Crippen molar-refractivity contribution < 1.29 is 14.6 Å². The zero-order valence-electron chi connectivity index (χ0n) is 15.1. The van der Waals surface area contributed by atoms with Crippen LogP contribution < -0.4 is 10.1 Å². The fourth-order valence-electron chi connectivity index (χ4n) is 2.59. The molecule has 1 unspecified atom stereocenters. The van der Waals surface area contributed by atoms with E-state index in [0.717, 1.165) is 23.1 Å². The van der Waals surface area contributed by atoms with Gasteiger partial charge in [-0.3, -0.25) is 4.79 Å². The topological polar surface area (TPSA) is 58.6 Å². The number of phenols is 1. The zero-order chi connectivity index (χ0) is 19.3. The molecule has 0 heterocycles. The van der Waals surface area contributed by atoms with E-state index in [1.165, 1.54) is 0 Å². The van der Waals surface area contributed by atoms with E-state index in [1.54, 1.807) is 25.2 Å². The summed E-state index contributed by atoms with van der Waals surface area (Å²) in [5, 5.41) is 13.5. The molecule has 1 amide bonds. The van der Waals surface area contributed by atoms with Crippen molar-refractivity contribution in [2.75, 3.05) is 13.7 Å². The van der Waals surface area contributed by atoms with Gasteiger partial charge in [0.15, 0.2) is 6.61 Å². The van der Waals surface area contributed by atoms with Gasteiger partial charge in [-0.15, -0.1) is 0 Å². The first-order valence-corrected chi connectivity index (χ1v) is 9.24. The lowest BCUT2D eigenvalue weighted by molar-refractivity contribution is -0.122. The number of hydrogen-bond acceptors (Lipinski definition) is 3. The third-order valence-corrected chi connectivity index (χ3v) is 5.05. The molecule has 0 aromatic heterocycles. The third kappa shape index (κ3) is 5.05. The monoisotopic (exact) mass is 395 g/mol. The lowest BCUT2D eigenvalue weighted by Gasteiger charge is -2.15. The predicted octanol–water partition coefficient (Wildman–Crippen LogP) is 4.93. The summed E-state index contributed by atoms with van der Waals surface area (Å²) in [7, 11) is 1.54. The Morgan fingerprint density at radius 1 is 1.23 bits per heavy atom. The normalized spacial score (nSPS) is 11.9. The molecule has 4 nitrogen and oxygen atoms in total. The Kier molecular flexibility index (Phi) is 7.18. The summed E-state index contributed by atoms with van der Waals surface area (Å²) in [5.41, 5.74) is 2.71. The van der Waals surface area contributed by atoms with Crippen LogP contribution in [0.2, 0.25) is 10.0 Å². The number of rotatable bonds is 7. The van der Waals surface area contributed by atoms with Gasteiger partial charge in [-0.1, -0.05) is 49.2 Å². The number of phenolic OH excluding ortho intramolecular Hbond substituents is 1. The van der Waals surface area contributed by atoms with Crippen LogP contribution in [0.4, 0.5) is 0 Å². The van der Waals surface area contributed by atoms with Crippen molar-refractivity contribution in [2.45, 2.75) is 32.6 Å². The van der Waals surface area contributed by atoms with Crippen LogP contribution in [-0.4, -0.2) is 24.7 Å². The summed E-state index contributed by atoms with van der Waals surface area (Å²) in [6, 6.07) is 8.87. The molecule has 6 heteroatoms. The van der Waals surface area contributed by atoms with E-state index < -0.39 is 0 Å². The molecule has 26 heavy (non-hydrogen) atoms. The van der Waals surface area contributed by atoms with Gasteiger partial charge in [-0.25, -0.2) is 0 Å². The molecule has 1 atom stereocenters. The van der Waals surface area contributed by atoms with E-state index in [1.807, 2.05) is 12.1 Å². The second kappa shape index (κ2) is 9.15. The van der Waals surface area contributed by atoms with Gasteiger partial charge < -0.3 is 15.2 Å². The van der Waals surface area contributed by atoms with E-state index in [2.05, 4.69) is 19.2 Å². The Labute approximate surface area is 164 Å². The summed E-state index contributed by atoms with van der Waals surface area (Å²) in [6.07, 6.45) is 1.48. The Bertz CT molecular complexity index is 770. The number of ether oxygens (including phenoxy) is 1. The lowest BCUT2D eigenvalue weighted by atomic mass is 9.94. The predicted molar refractivity (Wildman–Crippen MR) is 106 cm³/mol. The highest BCUT2D eigenvalue weighted by Crippen LogP contribution is 2.34. The third-order valence-electron chi connectivity index (χ3n) is 4.38.